The van der Waals surface area contributed by atoms with Crippen molar-refractivity contribution in [3.05, 3.63) is 0 Å². The number of hydrogen-bond acceptors (Lipinski definition) is 7. The molecule has 0 aromatic rings. The van der Waals surface area contributed by atoms with E-state index in [1.165, 1.54) is 22.6 Å². The SMILES string of the molecule is CC(=O)OC[C@@H](O)[C@@H](O)[C@H](O)[C@](O)(I)C=O. The Morgan fingerprint density at radius 1 is 1.50 bits per heavy atom. The van der Waals surface area contributed by atoms with Crippen molar-refractivity contribution in [2.75, 3.05) is 6.61 Å². The van der Waals surface area contributed by atoms with E-state index >= 15 is 0 Å². The van der Waals surface area contributed by atoms with Gasteiger partial charge in [0.25, 0.3) is 0 Å². The van der Waals surface area contributed by atoms with Crippen LogP contribution in [0.3, 0.4) is 0 Å². The van der Waals surface area contributed by atoms with Crippen LogP contribution in [0.4, 0.5) is 0 Å². The smallest absolute Gasteiger partial charge is 0.302 e. The standard InChI is InChI=1S/C8H13IO7/c1-4(11)16-2-5(12)6(13)7(14)8(9,15)3-10/h3,5-7,12-15H,2H2,1H3/t5-,6-,7+,8+/m1/s1. The molecule has 0 saturated carbocycles. The van der Waals surface area contributed by atoms with Crippen molar-refractivity contribution in [1.82, 2.24) is 0 Å². The maximum absolute atomic E-state index is 10.4. The third kappa shape index (κ3) is 4.70. The van der Waals surface area contributed by atoms with Crippen molar-refractivity contribution in [2.24, 2.45) is 0 Å². The van der Waals surface area contributed by atoms with Crippen LogP contribution in [0.5, 0.6) is 0 Å². The first-order chi connectivity index (χ1) is 7.22. The molecule has 0 aromatic carbocycles. The van der Waals surface area contributed by atoms with Crippen LogP contribution in [0.25, 0.3) is 0 Å². The van der Waals surface area contributed by atoms with Gasteiger partial charge in [0, 0.05) is 6.92 Å². The van der Waals surface area contributed by atoms with E-state index in [0.29, 0.717) is 0 Å². The second-order valence-electron chi connectivity index (χ2n) is 3.15. The summed E-state index contributed by atoms with van der Waals surface area (Å²) < 4.78 is 2.17. The van der Waals surface area contributed by atoms with Gasteiger partial charge in [-0.2, -0.15) is 0 Å². The summed E-state index contributed by atoms with van der Waals surface area (Å²) in [6.07, 6.45) is -5.28. The van der Waals surface area contributed by atoms with E-state index < -0.39 is 34.5 Å². The molecule has 0 aliphatic heterocycles. The molecule has 0 radical (unpaired) electrons. The third-order valence-electron chi connectivity index (χ3n) is 1.76. The summed E-state index contributed by atoms with van der Waals surface area (Å²) in [5.41, 5.74) is 0. The minimum Gasteiger partial charge on any atom is -0.463 e. The molecule has 0 rings (SSSR count). The largest absolute Gasteiger partial charge is 0.463 e. The molecule has 0 amide bonds. The van der Waals surface area contributed by atoms with Gasteiger partial charge >= 0.3 is 5.97 Å². The van der Waals surface area contributed by atoms with Crippen molar-refractivity contribution in [3.63, 3.8) is 0 Å². The number of aliphatic hydroxyl groups excluding tert-OH is 3. The maximum atomic E-state index is 10.4. The number of esters is 1. The zero-order valence-corrected chi connectivity index (χ0v) is 10.6. The number of alkyl halides is 1. The minimum absolute atomic E-state index is 0.0278. The van der Waals surface area contributed by atoms with E-state index in [4.69, 9.17) is 0 Å². The van der Waals surface area contributed by atoms with Crippen molar-refractivity contribution in [3.8, 4) is 0 Å². The predicted molar refractivity (Wildman–Crippen MR) is 59.7 cm³/mol. The Morgan fingerprint density at radius 3 is 2.38 bits per heavy atom. The van der Waals surface area contributed by atoms with Crippen LogP contribution >= 0.6 is 22.6 Å². The first-order valence-electron chi connectivity index (χ1n) is 4.27. The lowest BCUT2D eigenvalue weighted by atomic mass is 10.0. The molecule has 0 spiro atoms. The molecule has 94 valence electrons. The van der Waals surface area contributed by atoms with Gasteiger partial charge < -0.3 is 25.2 Å². The van der Waals surface area contributed by atoms with Crippen LogP contribution in [0.15, 0.2) is 0 Å². The molecule has 0 aliphatic rings. The summed E-state index contributed by atoms with van der Waals surface area (Å²) in [6, 6.07) is 0. The summed E-state index contributed by atoms with van der Waals surface area (Å²) in [7, 11) is 0. The molecule has 0 saturated heterocycles. The van der Waals surface area contributed by atoms with E-state index in [0.717, 1.165) is 6.92 Å². The van der Waals surface area contributed by atoms with E-state index in [1.807, 2.05) is 0 Å². The fourth-order valence-corrected chi connectivity index (χ4v) is 1.19. The lowest BCUT2D eigenvalue weighted by Crippen LogP contribution is -2.51. The summed E-state index contributed by atoms with van der Waals surface area (Å²) in [5.74, 6) is -0.666. The van der Waals surface area contributed by atoms with Gasteiger partial charge in [-0.15, -0.1) is 0 Å². The van der Waals surface area contributed by atoms with Gasteiger partial charge in [0.15, 0.2) is 9.89 Å². The highest BCUT2D eigenvalue weighted by atomic mass is 127. The van der Waals surface area contributed by atoms with Gasteiger partial charge in [0.1, 0.15) is 24.9 Å². The molecule has 4 N–H and O–H groups in total. The van der Waals surface area contributed by atoms with Crippen LogP contribution in [-0.4, -0.2) is 61.2 Å². The number of halogens is 1. The Kier molecular flexibility index (Phi) is 6.33. The third-order valence-corrected chi connectivity index (χ3v) is 2.65. The van der Waals surface area contributed by atoms with Crippen molar-refractivity contribution >= 4 is 34.8 Å². The molecule has 16 heavy (non-hydrogen) atoms. The van der Waals surface area contributed by atoms with Crippen molar-refractivity contribution < 1.29 is 34.8 Å². The number of ether oxygens (including phenoxy) is 1. The Labute approximate surface area is 105 Å². The summed E-state index contributed by atoms with van der Waals surface area (Å²) in [4.78, 5) is 20.8. The number of hydrogen-bond donors (Lipinski definition) is 4. The molecule has 0 aromatic heterocycles. The van der Waals surface area contributed by atoms with Crippen LogP contribution in [0.1, 0.15) is 6.92 Å². The van der Waals surface area contributed by atoms with Gasteiger partial charge in [-0.25, -0.2) is 0 Å². The average Bonchev–Trinajstić information content (AvgIpc) is 2.23. The number of aldehydes is 1. The Bertz CT molecular complexity index is 255. The molecule has 0 unspecified atom stereocenters. The molecule has 0 bridgehead atoms. The highest BCUT2D eigenvalue weighted by Crippen LogP contribution is 2.21. The Balaban J connectivity index is 4.37. The molecule has 4 atom stereocenters. The lowest BCUT2D eigenvalue weighted by molar-refractivity contribution is -0.155. The summed E-state index contributed by atoms with van der Waals surface area (Å²) in [5, 5.41) is 37.2. The zero-order chi connectivity index (χ0) is 12.9. The average molecular weight is 348 g/mol. The van der Waals surface area contributed by atoms with Crippen molar-refractivity contribution in [1.29, 1.82) is 0 Å². The fraction of sp³-hybridized carbons (Fsp3) is 0.750. The minimum atomic E-state index is -2.21. The highest BCUT2D eigenvalue weighted by molar-refractivity contribution is 14.1. The molecular weight excluding hydrogens is 335 g/mol. The number of carbonyl (C=O) groups is 2. The molecule has 0 aliphatic carbocycles. The number of aliphatic hydroxyl groups is 4. The molecule has 7 nitrogen and oxygen atoms in total. The summed E-state index contributed by atoms with van der Waals surface area (Å²) >= 11 is 1.21. The lowest BCUT2D eigenvalue weighted by Gasteiger charge is -2.28. The fourth-order valence-electron chi connectivity index (χ4n) is 0.821. The van der Waals surface area contributed by atoms with Gasteiger partial charge in [0.2, 0.25) is 0 Å². The van der Waals surface area contributed by atoms with Crippen LogP contribution in [-0.2, 0) is 14.3 Å². The Hall–Kier alpha value is -0.290. The van der Waals surface area contributed by atoms with Crippen LogP contribution < -0.4 is 0 Å². The highest BCUT2D eigenvalue weighted by Gasteiger charge is 2.40. The van der Waals surface area contributed by atoms with Crippen LogP contribution in [0.2, 0.25) is 0 Å². The predicted octanol–water partition coefficient (Wildman–Crippen LogP) is -2.05. The number of carbonyl (C=O) groups excluding carboxylic acids is 2. The van der Waals surface area contributed by atoms with Crippen molar-refractivity contribution in [2.45, 2.75) is 28.8 Å². The van der Waals surface area contributed by atoms with Gasteiger partial charge in [-0.1, -0.05) is 0 Å². The second-order valence-corrected chi connectivity index (χ2v) is 4.88. The zero-order valence-electron chi connectivity index (χ0n) is 8.41. The van der Waals surface area contributed by atoms with E-state index in [-0.39, 0.29) is 6.29 Å². The quantitative estimate of drug-likeness (QED) is 0.189. The first-order valence-corrected chi connectivity index (χ1v) is 5.35. The van der Waals surface area contributed by atoms with Gasteiger partial charge in [0.05, 0.1) is 0 Å². The monoisotopic (exact) mass is 348 g/mol. The van der Waals surface area contributed by atoms with E-state index in [2.05, 4.69) is 4.74 Å². The second kappa shape index (κ2) is 6.45. The molecule has 8 heteroatoms. The summed E-state index contributed by atoms with van der Waals surface area (Å²) in [6.45, 7) is 0.564. The normalized spacial score (nSPS) is 20.4. The first kappa shape index (κ1) is 15.7. The maximum Gasteiger partial charge on any atom is 0.302 e. The van der Waals surface area contributed by atoms with Gasteiger partial charge in [-0.05, 0) is 22.6 Å². The molecule has 0 fully saturated rings. The number of rotatable bonds is 6. The topological polar surface area (TPSA) is 124 Å². The molecular formula is C8H13IO7. The molecule has 0 heterocycles. The Morgan fingerprint density at radius 2 is 2.00 bits per heavy atom. The van der Waals surface area contributed by atoms with Crippen LogP contribution in [0, 0.1) is 0 Å². The van der Waals surface area contributed by atoms with E-state index in [1.54, 1.807) is 0 Å². The van der Waals surface area contributed by atoms with E-state index in [9.17, 15) is 30.0 Å². The van der Waals surface area contributed by atoms with Gasteiger partial charge in [-0.3, -0.25) is 9.59 Å².